The Balaban J connectivity index is 1.36. The summed E-state index contributed by atoms with van der Waals surface area (Å²) in [5.74, 6) is 0.632. The van der Waals surface area contributed by atoms with Crippen molar-refractivity contribution in [2.75, 3.05) is 26.2 Å². The third-order valence-electron chi connectivity index (χ3n) is 5.99. The highest BCUT2D eigenvalue weighted by Gasteiger charge is 2.24. The van der Waals surface area contributed by atoms with Crippen LogP contribution in [0.15, 0.2) is 60.8 Å². The minimum absolute atomic E-state index is 0.0260. The molecule has 0 saturated carbocycles. The molecule has 30 heavy (non-hydrogen) atoms. The molecule has 0 radical (unpaired) electrons. The van der Waals surface area contributed by atoms with Crippen LogP contribution in [0.2, 0.25) is 0 Å². The fourth-order valence-electron chi connectivity index (χ4n) is 4.32. The van der Waals surface area contributed by atoms with Gasteiger partial charge in [0.15, 0.2) is 6.61 Å². The van der Waals surface area contributed by atoms with Crippen LogP contribution in [0, 0.1) is 0 Å². The van der Waals surface area contributed by atoms with Gasteiger partial charge in [-0.05, 0) is 61.0 Å². The van der Waals surface area contributed by atoms with E-state index in [9.17, 15) is 4.79 Å². The van der Waals surface area contributed by atoms with Gasteiger partial charge in [0, 0.05) is 25.5 Å². The average molecular weight is 406 g/mol. The largest absolute Gasteiger partial charge is 0.484 e. The van der Waals surface area contributed by atoms with Crippen molar-refractivity contribution in [2.45, 2.75) is 31.7 Å². The molecule has 1 N–H and O–H groups in total. The molecule has 4 rings (SSSR count). The molecule has 0 spiro atoms. The molecule has 0 aliphatic carbocycles. The highest BCUT2D eigenvalue weighted by Crippen LogP contribution is 2.24. The SMILES string of the molecule is Cn1cccc1C(CNC(=O)COc1ccc2ccccc2c1)N1CCCCCC1. The summed E-state index contributed by atoms with van der Waals surface area (Å²) in [6.07, 6.45) is 7.11. The Bertz CT molecular complexity index is 973. The second kappa shape index (κ2) is 9.81. The van der Waals surface area contributed by atoms with Gasteiger partial charge < -0.3 is 14.6 Å². The number of benzene rings is 2. The first-order chi connectivity index (χ1) is 14.7. The van der Waals surface area contributed by atoms with Crippen LogP contribution in [0.1, 0.15) is 37.4 Å². The van der Waals surface area contributed by atoms with E-state index < -0.39 is 0 Å². The zero-order valence-electron chi connectivity index (χ0n) is 17.7. The van der Waals surface area contributed by atoms with Crippen LogP contribution in [0.5, 0.6) is 5.75 Å². The number of fused-ring (bicyclic) bond motifs is 1. The van der Waals surface area contributed by atoms with E-state index in [1.54, 1.807) is 0 Å². The van der Waals surface area contributed by atoms with Crippen molar-refractivity contribution in [3.8, 4) is 5.75 Å². The molecule has 1 atom stereocenters. The molecular weight excluding hydrogens is 374 g/mol. The first-order valence-electron chi connectivity index (χ1n) is 10.9. The van der Waals surface area contributed by atoms with Gasteiger partial charge in [-0.15, -0.1) is 0 Å². The van der Waals surface area contributed by atoms with Crippen molar-refractivity contribution in [3.63, 3.8) is 0 Å². The maximum Gasteiger partial charge on any atom is 0.258 e. The zero-order valence-corrected chi connectivity index (χ0v) is 17.7. The summed E-state index contributed by atoms with van der Waals surface area (Å²) in [4.78, 5) is 15.0. The van der Waals surface area contributed by atoms with Gasteiger partial charge in [0.05, 0.1) is 6.04 Å². The van der Waals surface area contributed by atoms with Crippen LogP contribution in [0.4, 0.5) is 0 Å². The number of hydrogen-bond acceptors (Lipinski definition) is 3. The lowest BCUT2D eigenvalue weighted by molar-refractivity contribution is -0.123. The van der Waals surface area contributed by atoms with Crippen LogP contribution in [-0.4, -0.2) is 41.6 Å². The Morgan fingerprint density at radius 1 is 1.00 bits per heavy atom. The fourth-order valence-corrected chi connectivity index (χ4v) is 4.32. The number of carbonyl (C=O) groups is 1. The molecule has 2 heterocycles. The third-order valence-corrected chi connectivity index (χ3v) is 5.99. The number of nitrogens with zero attached hydrogens (tertiary/aromatic N) is 2. The first-order valence-corrected chi connectivity index (χ1v) is 10.9. The van der Waals surface area contributed by atoms with Crippen LogP contribution in [0.25, 0.3) is 10.8 Å². The summed E-state index contributed by atoms with van der Waals surface area (Å²) in [6, 6.07) is 18.5. The molecule has 1 aliphatic rings. The predicted molar refractivity (Wildman–Crippen MR) is 121 cm³/mol. The van der Waals surface area contributed by atoms with Crippen LogP contribution in [-0.2, 0) is 11.8 Å². The zero-order chi connectivity index (χ0) is 20.8. The highest BCUT2D eigenvalue weighted by molar-refractivity contribution is 5.84. The maximum atomic E-state index is 12.5. The van der Waals surface area contributed by atoms with Gasteiger partial charge >= 0.3 is 0 Å². The van der Waals surface area contributed by atoms with Crippen molar-refractivity contribution in [2.24, 2.45) is 7.05 Å². The Morgan fingerprint density at radius 2 is 1.77 bits per heavy atom. The highest BCUT2D eigenvalue weighted by atomic mass is 16.5. The molecule has 1 fully saturated rings. The minimum atomic E-state index is -0.0859. The van der Waals surface area contributed by atoms with Gasteiger partial charge in [-0.1, -0.05) is 43.2 Å². The molecule has 1 unspecified atom stereocenters. The molecule has 1 saturated heterocycles. The minimum Gasteiger partial charge on any atom is -0.484 e. The monoisotopic (exact) mass is 405 g/mol. The number of rotatable bonds is 7. The number of nitrogens with one attached hydrogen (secondary N) is 1. The maximum absolute atomic E-state index is 12.5. The van der Waals surface area contributed by atoms with Crippen molar-refractivity contribution in [1.29, 1.82) is 0 Å². The van der Waals surface area contributed by atoms with Crippen molar-refractivity contribution in [3.05, 3.63) is 66.5 Å². The molecule has 1 amide bonds. The lowest BCUT2D eigenvalue weighted by Crippen LogP contribution is -2.40. The molecule has 2 aromatic carbocycles. The first kappa shape index (κ1) is 20.5. The van der Waals surface area contributed by atoms with Gasteiger partial charge in [-0.25, -0.2) is 0 Å². The second-order valence-electron chi connectivity index (χ2n) is 8.11. The Kier molecular flexibility index (Phi) is 6.70. The smallest absolute Gasteiger partial charge is 0.258 e. The Labute approximate surface area is 178 Å². The average Bonchev–Trinajstić information content (AvgIpc) is 3.01. The van der Waals surface area contributed by atoms with E-state index in [2.05, 4.69) is 46.2 Å². The third kappa shape index (κ3) is 5.03. The molecule has 5 heteroatoms. The summed E-state index contributed by atoms with van der Waals surface area (Å²) in [5.41, 5.74) is 1.24. The summed E-state index contributed by atoms with van der Waals surface area (Å²) < 4.78 is 7.92. The van der Waals surface area contributed by atoms with E-state index in [1.165, 1.54) is 31.4 Å². The van der Waals surface area contributed by atoms with Gasteiger partial charge in [0.25, 0.3) is 5.91 Å². The van der Waals surface area contributed by atoms with Gasteiger partial charge in [0.1, 0.15) is 5.75 Å². The number of likely N-dealkylation sites (tertiary alicyclic amines) is 1. The Morgan fingerprint density at radius 3 is 2.50 bits per heavy atom. The second-order valence-corrected chi connectivity index (χ2v) is 8.11. The normalized spacial score (nSPS) is 16.2. The molecule has 1 aromatic heterocycles. The predicted octanol–water partition coefficient (Wildman–Crippen LogP) is 4.29. The van der Waals surface area contributed by atoms with Crippen LogP contribution in [0.3, 0.4) is 0 Å². The van der Waals surface area contributed by atoms with Gasteiger partial charge in [-0.2, -0.15) is 0 Å². The number of aryl methyl sites for hydroxylation is 1. The molecular formula is C25H31N3O2. The number of amides is 1. The van der Waals surface area contributed by atoms with E-state index in [0.29, 0.717) is 6.54 Å². The van der Waals surface area contributed by atoms with E-state index in [4.69, 9.17) is 4.74 Å². The topological polar surface area (TPSA) is 46.5 Å². The summed E-state index contributed by atoms with van der Waals surface area (Å²) in [7, 11) is 2.07. The van der Waals surface area contributed by atoms with Gasteiger partial charge in [-0.3, -0.25) is 9.69 Å². The number of hydrogen-bond donors (Lipinski definition) is 1. The molecule has 5 nitrogen and oxygen atoms in total. The number of ether oxygens (including phenoxy) is 1. The Hall–Kier alpha value is -2.79. The number of aromatic nitrogens is 1. The standard InChI is InChI=1S/C25H31N3O2/c1-27-14-8-11-23(27)24(28-15-6-2-3-7-16-28)18-26-25(29)19-30-22-13-12-20-9-4-5-10-21(20)17-22/h4-5,8-14,17,24H,2-3,6-7,15-16,18-19H2,1H3,(H,26,29). The molecule has 1 aliphatic heterocycles. The lowest BCUT2D eigenvalue weighted by atomic mass is 10.1. The summed E-state index contributed by atoms with van der Waals surface area (Å²) >= 11 is 0. The lowest BCUT2D eigenvalue weighted by Gasteiger charge is -2.31. The van der Waals surface area contributed by atoms with E-state index in [-0.39, 0.29) is 18.6 Å². The fraction of sp³-hybridized carbons (Fsp3) is 0.400. The van der Waals surface area contributed by atoms with E-state index in [1.807, 2.05) is 36.4 Å². The van der Waals surface area contributed by atoms with Crippen LogP contribution >= 0.6 is 0 Å². The van der Waals surface area contributed by atoms with E-state index in [0.717, 1.165) is 29.6 Å². The van der Waals surface area contributed by atoms with Crippen molar-refractivity contribution >= 4 is 16.7 Å². The van der Waals surface area contributed by atoms with Crippen molar-refractivity contribution in [1.82, 2.24) is 14.8 Å². The molecule has 3 aromatic rings. The molecule has 158 valence electrons. The summed E-state index contributed by atoms with van der Waals surface area (Å²) in [6.45, 7) is 2.79. The van der Waals surface area contributed by atoms with Crippen molar-refractivity contribution < 1.29 is 9.53 Å². The van der Waals surface area contributed by atoms with E-state index >= 15 is 0 Å². The molecule has 0 bridgehead atoms. The quantitative estimate of drug-likeness (QED) is 0.638. The van der Waals surface area contributed by atoms with Gasteiger partial charge in [0.2, 0.25) is 0 Å². The van der Waals surface area contributed by atoms with Crippen LogP contribution < -0.4 is 10.1 Å². The summed E-state index contributed by atoms with van der Waals surface area (Å²) in [5, 5.41) is 5.38. The number of carbonyl (C=O) groups excluding carboxylic acids is 1.